The van der Waals surface area contributed by atoms with E-state index in [0.717, 1.165) is 0 Å². The Labute approximate surface area is 189 Å². The zero-order valence-corrected chi connectivity index (χ0v) is 18.5. The molecule has 13 nitrogen and oxygen atoms in total. The zero-order chi connectivity index (χ0) is 23.6. The largest absolute Gasteiger partial charge is 0.393 e. The molecule has 0 radical (unpaired) electrons. The first kappa shape index (κ1) is 23.0. The van der Waals surface area contributed by atoms with Crippen LogP contribution in [0.2, 0.25) is 0 Å². The summed E-state index contributed by atoms with van der Waals surface area (Å²) >= 11 is 0. The van der Waals surface area contributed by atoms with Gasteiger partial charge in [0.15, 0.2) is 0 Å². The third kappa shape index (κ3) is 5.78. The molecule has 3 heterocycles. The van der Waals surface area contributed by atoms with Gasteiger partial charge >= 0.3 is 10.3 Å². The van der Waals surface area contributed by atoms with Crippen molar-refractivity contribution in [1.29, 1.82) is 0 Å². The van der Waals surface area contributed by atoms with E-state index in [1.165, 1.54) is 12.5 Å². The van der Waals surface area contributed by atoms with Gasteiger partial charge in [0.25, 0.3) is 0 Å². The van der Waals surface area contributed by atoms with Crippen LogP contribution in [0.15, 0.2) is 35.4 Å². The van der Waals surface area contributed by atoms with E-state index in [1.807, 2.05) is 0 Å². The first-order chi connectivity index (χ1) is 15.7. The number of hydrogen-bond donors (Lipinski definition) is 3. The van der Waals surface area contributed by atoms with Crippen molar-refractivity contribution in [3.63, 3.8) is 0 Å². The lowest BCUT2D eigenvalue weighted by Gasteiger charge is -2.15. The van der Waals surface area contributed by atoms with E-state index >= 15 is 0 Å². The standard InChI is InChI=1S/C19H23N7O6S/c1-11-4-14(25-32-11)8-26-3-2-16(24-26)18(28)15-7-21-10-22-19(15)23-13-5-12(17(27)6-13)9-31-33(20,29)30/h2-4,7,10,12-13,17,27H,5-6,8-9H2,1H3,(H2,20,29,30)(H,21,22,23)/t12-,13-,17+/m1/s1. The predicted octanol–water partition coefficient (Wildman–Crippen LogP) is 0.0203. The van der Waals surface area contributed by atoms with Crippen molar-refractivity contribution in [2.45, 2.75) is 38.5 Å². The molecule has 33 heavy (non-hydrogen) atoms. The normalized spacial score (nSPS) is 20.8. The van der Waals surface area contributed by atoms with Crippen molar-refractivity contribution in [3.8, 4) is 0 Å². The average molecular weight is 478 g/mol. The van der Waals surface area contributed by atoms with Crippen LogP contribution in [0, 0.1) is 12.8 Å². The third-order valence-electron chi connectivity index (χ3n) is 5.28. The van der Waals surface area contributed by atoms with Gasteiger partial charge in [-0.2, -0.15) is 13.5 Å². The molecule has 3 aromatic rings. The quantitative estimate of drug-likeness (QED) is 0.352. The second-order valence-electron chi connectivity index (χ2n) is 7.86. The molecule has 0 aliphatic heterocycles. The zero-order valence-electron chi connectivity index (χ0n) is 17.7. The Morgan fingerprint density at radius 2 is 2.24 bits per heavy atom. The van der Waals surface area contributed by atoms with Crippen molar-refractivity contribution < 1.29 is 27.0 Å². The summed E-state index contributed by atoms with van der Waals surface area (Å²) in [6.45, 7) is 1.91. The number of nitrogens with zero attached hydrogens (tertiary/aromatic N) is 5. The minimum Gasteiger partial charge on any atom is -0.393 e. The lowest BCUT2D eigenvalue weighted by Crippen LogP contribution is -2.24. The predicted molar refractivity (Wildman–Crippen MR) is 113 cm³/mol. The summed E-state index contributed by atoms with van der Waals surface area (Å²) < 4.78 is 33.3. The summed E-state index contributed by atoms with van der Waals surface area (Å²) in [5.41, 5.74) is 1.11. The van der Waals surface area contributed by atoms with Gasteiger partial charge in [0, 0.05) is 30.4 Å². The summed E-state index contributed by atoms with van der Waals surface area (Å²) in [6, 6.07) is 3.11. The Bertz CT molecular complexity index is 1240. The number of carbonyl (C=O) groups is 1. The van der Waals surface area contributed by atoms with E-state index in [9.17, 15) is 18.3 Å². The van der Waals surface area contributed by atoms with Crippen molar-refractivity contribution in [2.24, 2.45) is 11.1 Å². The topological polar surface area (TPSA) is 188 Å². The maximum absolute atomic E-state index is 13.1. The van der Waals surface area contributed by atoms with Crippen LogP contribution in [0.1, 0.15) is 40.3 Å². The smallest absolute Gasteiger partial charge is 0.333 e. The van der Waals surface area contributed by atoms with Gasteiger partial charge < -0.3 is 14.9 Å². The van der Waals surface area contributed by atoms with Crippen molar-refractivity contribution in [2.75, 3.05) is 11.9 Å². The first-order valence-corrected chi connectivity index (χ1v) is 11.6. The van der Waals surface area contributed by atoms with Gasteiger partial charge in [-0.15, -0.1) is 0 Å². The van der Waals surface area contributed by atoms with Gasteiger partial charge in [-0.1, -0.05) is 5.16 Å². The number of aromatic nitrogens is 5. The van der Waals surface area contributed by atoms with Crippen LogP contribution < -0.4 is 10.5 Å². The fourth-order valence-electron chi connectivity index (χ4n) is 3.75. The fraction of sp³-hybridized carbons (Fsp3) is 0.421. The minimum atomic E-state index is -4.09. The monoisotopic (exact) mass is 477 g/mol. The average Bonchev–Trinajstić information content (AvgIpc) is 3.47. The number of carbonyl (C=O) groups excluding carboxylic acids is 1. The van der Waals surface area contributed by atoms with Gasteiger partial charge in [0.2, 0.25) is 5.78 Å². The number of aliphatic hydroxyl groups is 1. The molecule has 14 heteroatoms. The third-order valence-corrected chi connectivity index (χ3v) is 5.74. The van der Waals surface area contributed by atoms with E-state index in [-0.39, 0.29) is 29.7 Å². The number of nitrogens with one attached hydrogen (secondary N) is 1. The number of ketones is 1. The minimum absolute atomic E-state index is 0.207. The van der Waals surface area contributed by atoms with E-state index in [0.29, 0.717) is 36.7 Å². The summed E-state index contributed by atoms with van der Waals surface area (Å²) in [5.74, 6) is 0.168. The summed E-state index contributed by atoms with van der Waals surface area (Å²) in [5, 5.41) is 26.5. The molecule has 3 aromatic heterocycles. The number of rotatable bonds is 9. The van der Waals surface area contributed by atoms with Gasteiger partial charge in [-0.25, -0.2) is 15.1 Å². The number of aryl methyl sites for hydroxylation is 1. The van der Waals surface area contributed by atoms with Crippen LogP contribution in [0.5, 0.6) is 0 Å². The highest BCUT2D eigenvalue weighted by Crippen LogP contribution is 2.30. The maximum Gasteiger partial charge on any atom is 0.333 e. The van der Waals surface area contributed by atoms with E-state index in [1.54, 1.807) is 29.9 Å². The Morgan fingerprint density at radius 1 is 1.42 bits per heavy atom. The second kappa shape index (κ2) is 9.35. The molecule has 0 saturated heterocycles. The first-order valence-electron chi connectivity index (χ1n) is 10.1. The molecular weight excluding hydrogens is 454 g/mol. The fourth-order valence-corrected chi connectivity index (χ4v) is 4.12. The molecule has 4 rings (SSSR count). The molecule has 1 aliphatic carbocycles. The van der Waals surface area contributed by atoms with Crippen LogP contribution in [0.25, 0.3) is 0 Å². The van der Waals surface area contributed by atoms with Gasteiger partial charge in [-0.3, -0.25) is 13.7 Å². The number of aliphatic hydroxyl groups excluding tert-OH is 1. The van der Waals surface area contributed by atoms with E-state index < -0.39 is 22.3 Å². The molecule has 3 atom stereocenters. The number of hydrogen-bond acceptors (Lipinski definition) is 11. The van der Waals surface area contributed by atoms with E-state index in [4.69, 9.17) is 9.66 Å². The Morgan fingerprint density at radius 3 is 2.97 bits per heavy atom. The summed E-state index contributed by atoms with van der Waals surface area (Å²) in [6.07, 6.45) is 4.29. The highest BCUT2D eigenvalue weighted by molar-refractivity contribution is 7.84. The SMILES string of the molecule is Cc1cc(Cn2ccc(C(=O)c3cncnc3N[C@@H]3C[C@H](COS(N)(=O)=O)[C@@H](O)C3)n2)no1. The van der Waals surface area contributed by atoms with Crippen LogP contribution in [0.3, 0.4) is 0 Å². The molecule has 1 saturated carbocycles. The highest BCUT2D eigenvalue weighted by atomic mass is 32.2. The molecule has 0 spiro atoms. The molecule has 4 N–H and O–H groups in total. The number of nitrogens with two attached hydrogens (primary N) is 1. The molecule has 0 bridgehead atoms. The lowest BCUT2D eigenvalue weighted by atomic mass is 10.1. The van der Waals surface area contributed by atoms with Crippen LogP contribution in [-0.2, 0) is 21.0 Å². The Hall–Kier alpha value is -3.20. The second-order valence-corrected chi connectivity index (χ2v) is 9.08. The highest BCUT2D eigenvalue weighted by Gasteiger charge is 2.34. The van der Waals surface area contributed by atoms with Gasteiger partial charge in [0.1, 0.15) is 29.3 Å². The molecule has 1 aliphatic rings. The molecule has 176 valence electrons. The Kier molecular flexibility index (Phi) is 6.51. The van der Waals surface area contributed by atoms with Crippen LogP contribution in [-0.4, -0.2) is 63.0 Å². The molecule has 0 amide bonds. The van der Waals surface area contributed by atoms with Crippen LogP contribution in [0.4, 0.5) is 5.82 Å². The molecule has 0 aromatic carbocycles. The summed E-state index contributed by atoms with van der Waals surface area (Å²) in [7, 11) is -4.09. The lowest BCUT2D eigenvalue weighted by molar-refractivity contribution is 0.101. The van der Waals surface area contributed by atoms with Crippen LogP contribution >= 0.6 is 0 Å². The van der Waals surface area contributed by atoms with Crippen molar-refractivity contribution >= 4 is 21.9 Å². The van der Waals surface area contributed by atoms with E-state index in [2.05, 4.69) is 29.7 Å². The Balaban J connectivity index is 1.44. The van der Waals surface area contributed by atoms with Crippen molar-refractivity contribution in [3.05, 3.63) is 53.6 Å². The molecular formula is C19H23N7O6S. The molecule has 0 unspecified atom stereocenters. The molecule has 1 fully saturated rings. The van der Waals surface area contributed by atoms with Gasteiger partial charge in [-0.05, 0) is 25.8 Å². The summed E-state index contributed by atoms with van der Waals surface area (Å²) in [4.78, 5) is 21.2. The maximum atomic E-state index is 13.1. The van der Waals surface area contributed by atoms with Crippen molar-refractivity contribution in [1.82, 2.24) is 24.9 Å². The number of anilines is 1. The van der Waals surface area contributed by atoms with Gasteiger partial charge in [0.05, 0.1) is 24.8 Å².